The van der Waals surface area contributed by atoms with Crippen LogP contribution in [0.2, 0.25) is 0 Å². The molecule has 1 rings (SSSR count). The molecule has 0 heterocycles. The fraction of sp³-hybridized carbons (Fsp3) is 0.714. The monoisotopic (exact) mass is 156 g/mol. The van der Waals surface area contributed by atoms with Crippen molar-refractivity contribution in [2.24, 2.45) is 11.8 Å². The van der Waals surface area contributed by atoms with Crippen LogP contribution in [0.1, 0.15) is 19.3 Å². The van der Waals surface area contributed by atoms with Crippen molar-refractivity contribution < 1.29 is 19.8 Å². The van der Waals surface area contributed by atoms with Crippen LogP contribution in [0.5, 0.6) is 0 Å². The Bertz CT molecular complexity index is 167. The van der Waals surface area contributed by atoms with Crippen molar-refractivity contribution in [3.05, 3.63) is 0 Å². The Morgan fingerprint density at radius 1 is 1.00 bits per heavy atom. The van der Waals surface area contributed by atoms with E-state index in [9.17, 15) is 19.8 Å². The lowest BCUT2D eigenvalue weighted by Crippen LogP contribution is -2.41. The Labute approximate surface area is 63.8 Å². The summed E-state index contributed by atoms with van der Waals surface area (Å²) in [7, 11) is 0. The molecule has 2 atom stereocenters. The molecule has 1 aliphatic rings. The molecule has 0 radical (unpaired) electrons. The second kappa shape index (κ2) is 2.90. The van der Waals surface area contributed by atoms with Crippen LogP contribution in [-0.2, 0) is 9.59 Å². The summed E-state index contributed by atoms with van der Waals surface area (Å²) < 4.78 is 0. The van der Waals surface area contributed by atoms with Gasteiger partial charge in [-0.2, -0.15) is 0 Å². The summed E-state index contributed by atoms with van der Waals surface area (Å²) in [5.41, 5.74) is 0. The third-order valence-electron chi connectivity index (χ3n) is 2.12. The number of carbonyl (C=O) groups is 2. The topological polar surface area (TPSA) is 80.3 Å². The van der Waals surface area contributed by atoms with E-state index in [1.54, 1.807) is 0 Å². The predicted molar refractivity (Wildman–Crippen MR) is 30.8 cm³/mol. The molecule has 0 aromatic heterocycles. The standard InChI is InChI=1S/C7H10O4/c8-6(9)4-2-1-3-5(4)7(10)11/h4-5H,1-3H2,(H,8,9)(H,10,11)/p-2/t4-,5-/m0/s1. The van der Waals surface area contributed by atoms with Crippen molar-refractivity contribution in [1.82, 2.24) is 0 Å². The largest absolute Gasteiger partial charge is 0.550 e. The summed E-state index contributed by atoms with van der Waals surface area (Å²) >= 11 is 0. The maximum atomic E-state index is 10.3. The molecule has 4 heteroatoms. The molecule has 4 nitrogen and oxygen atoms in total. The zero-order valence-corrected chi connectivity index (χ0v) is 5.91. The smallest absolute Gasteiger partial charge is 0.0451 e. The molecule has 0 aromatic carbocycles. The first-order valence-electron chi connectivity index (χ1n) is 3.54. The fourth-order valence-corrected chi connectivity index (χ4v) is 1.52. The molecular formula is C7H8O4-2. The summed E-state index contributed by atoms with van der Waals surface area (Å²) in [6.07, 6.45) is 1.44. The molecule has 62 valence electrons. The molecule has 1 fully saturated rings. The Morgan fingerprint density at radius 2 is 1.36 bits per heavy atom. The van der Waals surface area contributed by atoms with E-state index in [0.717, 1.165) is 0 Å². The van der Waals surface area contributed by atoms with E-state index in [1.807, 2.05) is 0 Å². The number of aliphatic carboxylic acids is 2. The average Bonchev–Trinajstić information content (AvgIpc) is 2.32. The van der Waals surface area contributed by atoms with E-state index in [4.69, 9.17) is 0 Å². The minimum absolute atomic E-state index is 0.404. The zero-order valence-electron chi connectivity index (χ0n) is 5.91. The van der Waals surface area contributed by atoms with E-state index in [0.29, 0.717) is 19.3 Å². The van der Waals surface area contributed by atoms with Crippen LogP contribution in [0.15, 0.2) is 0 Å². The van der Waals surface area contributed by atoms with E-state index >= 15 is 0 Å². The van der Waals surface area contributed by atoms with Gasteiger partial charge in [-0.25, -0.2) is 0 Å². The third kappa shape index (κ3) is 1.50. The van der Waals surface area contributed by atoms with Gasteiger partial charge in [-0.05, 0) is 12.8 Å². The molecule has 0 aliphatic heterocycles. The number of hydrogen-bond acceptors (Lipinski definition) is 4. The van der Waals surface area contributed by atoms with Crippen LogP contribution in [-0.4, -0.2) is 11.9 Å². The number of carboxylic acids is 2. The molecule has 11 heavy (non-hydrogen) atoms. The van der Waals surface area contributed by atoms with E-state index in [1.165, 1.54) is 0 Å². The first-order chi connectivity index (χ1) is 5.13. The molecule has 0 saturated heterocycles. The van der Waals surface area contributed by atoms with Gasteiger partial charge in [0.05, 0.1) is 0 Å². The normalized spacial score (nSPS) is 30.2. The molecule has 0 spiro atoms. The van der Waals surface area contributed by atoms with E-state index in [2.05, 4.69) is 0 Å². The summed E-state index contributed by atoms with van der Waals surface area (Å²) in [6.45, 7) is 0. The van der Waals surface area contributed by atoms with Crippen LogP contribution >= 0.6 is 0 Å². The quantitative estimate of drug-likeness (QED) is 0.458. The lowest BCUT2D eigenvalue weighted by molar-refractivity contribution is -0.325. The van der Waals surface area contributed by atoms with Crippen molar-refractivity contribution in [3.63, 3.8) is 0 Å². The number of carboxylic acid groups (broad SMARTS) is 2. The first-order valence-corrected chi connectivity index (χ1v) is 3.54. The van der Waals surface area contributed by atoms with Crippen LogP contribution < -0.4 is 10.2 Å². The van der Waals surface area contributed by atoms with Crippen molar-refractivity contribution >= 4 is 11.9 Å². The van der Waals surface area contributed by atoms with Crippen molar-refractivity contribution in [2.75, 3.05) is 0 Å². The lowest BCUT2D eigenvalue weighted by atomic mass is 9.97. The average molecular weight is 156 g/mol. The SMILES string of the molecule is O=C([O-])[C@H]1CCC[C@@H]1C(=O)[O-]. The molecule has 1 saturated carbocycles. The summed E-state index contributed by atoms with van der Waals surface area (Å²) in [6, 6.07) is 0. The minimum Gasteiger partial charge on any atom is -0.550 e. The second-order valence-electron chi connectivity index (χ2n) is 2.78. The van der Waals surface area contributed by atoms with Gasteiger partial charge < -0.3 is 19.8 Å². The number of hydrogen-bond donors (Lipinski definition) is 0. The minimum atomic E-state index is -1.27. The molecule has 0 amide bonds. The molecule has 0 aromatic rings. The first kappa shape index (κ1) is 8.04. The van der Waals surface area contributed by atoms with Gasteiger partial charge in [0.2, 0.25) is 0 Å². The summed E-state index contributed by atoms with van der Waals surface area (Å²) in [4.78, 5) is 20.6. The Balaban J connectivity index is 2.65. The number of rotatable bonds is 2. The van der Waals surface area contributed by atoms with Crippen molar-refractivity contribution in [3.8, 4) is 0 Å². The van der Waals surface area contributed by atoms with E-state index < -0.39 is 23.8 Å². The maximum absolute atomic E-state index is 10.3. The highest BCUT2D eigenvalue weighted by Gasteiger charge is 2.28. The third-order valence-corrected chi connectivity index (χ3v) is 2.12. The highest BCUT2D eigenvalue weighted by atomic mass is 16.4. The molecule has 0 bridgehead atoms. The summed E-state index contributed by atoms with van der Waals surface area (Å²) in [5.74, 6) is -4.20. The van der Waals surface area contributed by atoms with Crippen LogP contribution in [0, 0.1) is 11.8 Å². The highest BCUT2D eigenvalue weighted by molar-refractivity contribution is 5.78. The number of carbonyl (C=O) groups excluding carboxylic acids is 2. The van der Waals surface area contributed by atoms with Gasteiger partial charge in [-0.15, -0.1) is 0 Å². The van der Waals surface area contributed by atoms with Crippen LogP contribution in [0.4, 0.5) is 0 Å². The Morgan fingerprint density at radius 3 is 1.64 bits per heavy atom. The second-order valence-corrected chi connectivity index (χ2v) is 2.78. The predicted octanol–water partition coefficient (Wildman–Crippen LogP) is -2.10. The molecular weight excluding hydrogens is 148 g/mol. The van der Waals surface area contributed by atoms with E-state index in [-0.39, 0.29) is 0 Å². The molecule has 1 aliphatic carbocycles. The fourth-order valence-electron chi connectivity index (χ4n) is 1.52. The van der Waals surface area contributed by atoms with Gasteiger partial charge in [0.1, 0.15) is 0 Å². The van der Waals surface area contributed by atoms with Gasteiger partial charge in [0.25, 0.3) is 0 Å². The highest BCUT2D eigenvalue weighted by Crippen LogP contribution is 2.30. The Kier molecular flexibility index (Phi) is 2.12. The van der Waals surface area contributed by atoms with Crippen LogP contribution in [0.3, 0.4) is 0 Å². The van der Waals surface area contributed by atoms with Gasteiger partial charge in [-0.1, -0.05) is 6.42 Å². The Hall–Kier alpha value is -1.06. The van der Waals surface area contributed by atoms with Crippen molar-refractivity contribution in [1.29, 1.82) is 0 Å². The van der Waals surface area contributed by atoms with Gasteiger partial charge in [0.15, 0.2) is 0 Å². The molecule has 0 unspecified atom stereocenters. The lowest BCUT2D eigenvalue weighted by Gasteiger charge is -2.20. The van der Waals surface area contributed by atoms with Crippen LogP contribution in [0.25, 0.3) is 0 Å². The van der Waals surface area contributed by atoms with Gasteiger partial charge in [0, 0.05) is 23.8 Å². The maximum Gasteiger partial charge on any atom is 0.0451 e. The molecule has 0 N–H and O–H groups in total. The zero-order chi connectivity index (χ0) is 8.43. The van der Waals surface area contributed by atoms with Gasteiger partial charge >= 0.3 is 0 Å². The summed E-state index contributed by atoms with van der Waals surface area (Å²) in [5, 5.41) is 20.6. The van der Waals surface area contributed by atoms with Gasteiger partial charge in [-0.3, -0.25) is 0 Å². The van der Waals surface area contributed by atoms with Crippen molar-refractivity contribution in [2.45, 2.75) is 19.3 Å².